The lowest BCUT2D eigenvalue weighted by molar-refractivity contribution is -0.0552. The lowest BCUT2D eigenvalue weighted by Crippen LogP contribution is -2.52. The third-order valence-electron chi connectivity index (χ3n) is 6.31. The fourth-order valence-corrected chi connectivity index (χ4v) is 4.18. The lowest BCUT2D eigenvalue weighted by Gasteiger charge is -2.42. The summed E-state index contributed by atoms with van der Waals surface area (Å²) in [4.78, 5) is 34.6. The van der Waals surface area contributed by atoms with Gasteiger partial charge in [-0.3, -0.25) is 14.5 Å². The molecule has 35 heavy (non-hydrogen) atoms. The van der Waals surface area contributed by atoms with Crippen LogP contribution in [0.15, 0.2) is 28.9 Å². The van der Waals surface area contributed by atoms with E-state index in [4.69, 9.17) is 13.9 Å². The Kier molecular flexibility index (Phi) is 8.04. The number of morpholine rings is 2. The molecule has 4 rings (SSSR count). The molecule has 190 valence electrons. The summed E-state index contributed by atoms with van der Waals surface area (Å²) < 4.78 is 16.5. The first-order valence-corrected chi connectivity index (χ1v) is 12.2. The van der Waals surface area contributed by atoms with Crippen molar-refractivity contribution in [3.8, 4) is 0 Å². The minimum atomic E-state index is -0.431. The predicted molar refractivity (Wildman–Crippen MR) is 132 cm³/mol. The van der Waals surface area contributed by atoms with E-state index in [1.807, 2.05) is 24.0 Å². The summed E-state index contributed by atoms with van der Waals surface area (Å²) in [6.45, 7) is 12.2. The van der Waals surface area contributed by atoms with E-state index in [-0.39, 0.29) is 17.1 Å². The molecule has 2 amide bonds. The number of aromatic nitrogens is 1. The van der Waals surface area contributed by atoms with Crippen LogP contribution in [0.3, 0.4) is 0 Å². The summed E-state index contributed by atoms with van der Waals surface area (Å²) in [6, 6.07) is 5.97. The molecule has 1 aromatic heterocycles. The Balaban J connectivity index is 1.52. The van der Waals surface area contributed by atoms with Gasteiger partial charge in [0, 0.05) is 38.3 Å². The molecule has 0 bridgehead atoms. The van der Waals surface area contributed by atoms with Crippen LogP contribution in [0, 0.1) is 0 Å². The Labute approximate surface area is 205 Å². The van der Waals surface area contributed by atoms with E-state index in [1.54, 1.807) is 6.07 Å². The van der Waals surface area contributed by atoms with Gasteiger partial charge in [0.25, 0.3) is 17.8 Å². The largest absolute Gasteiger partial charge is 0.431 e. The summed E-state index contributed by atoms with van der Waals surface area (Å²) in [5.41, 5.74) is 1.92. The number of hydrogen-bond donors (Lipinski definition) is 2. The van der Waals surface area contributed by atoms with Crippen LogP contribution in [-0.2, 0) is 16.0 Å². The van der Waals surface area contributed by atoms with Crippen molar-refractivity contribution in [1.82, 2.24) is 15.2 Å². The Morgan fingerprint density at radius 3 is 2.60 bits per heavy atom. The van der Waals surface area contributed by atoms with Gasteiger partial charge in [0.2, 0.25) is 0 Å². The average molecular weight is 486 g/mol. The van der Waals surface area contributed by atoms with Gasteiger partial charge in [-0.15, -0.1) is 0 Å². The van der Waals surface area contributed by atoms with Gasteiger partial charge in [-0.2, -0.15) is 4.98 Å². The fourth-order valence-electron chi connectivity index (χ4n) is 4.18. The molecular weight excluding hydrogens is 450 g/mol. The minimum absolute atomic E-state index is 0.0963. The molecule has 2 saturated heterocycles. The number of carbonyl (C=O) groups is 2. The maximum atomic E-state index is 13.0. The standard InChI is InChI=1S/C25H35N5O5/c1-4-7-26-22(31)19-14-18(15-30-10-13-34-17-25(30,2)3)5-6-20(19)27-23(32)21-16-35-24(28-21)29-8-11-33-12-9-29/h5-6,14,16H,4,7-13,15,17H2,1-3H3,(H,26,31)(H,27,32). The first-order valence-electron chi connectivity index (χ1n) is 12.2. The van der Waals surface area contributed by atoms with Crippen LogP contribution in [0.25, 0.3) is 0 Å². The van der Waals surface area contributed by atoms with E-state index in [0.717, 1.165) is 18.5 Å². The molecule has 2 aliphatic rings. The van der Waals surface area contributed by atoms with Crippen molar-refractivity contribution in [2.24, 2.45) is 0 Å². The zero-order valence-electron chi connectivity index (χ0n) is 20.8. The van der Waals surface area contributed by atoms with Gasteiger partial charge in [-0.25, -0.2) is 0 Å². The molecule has 10 heteroatoms. The number of ether oxygens (including phenoxy) is 2. The van der Waals surface area contributed by atoms with Crippen molar-refractivity contribution in [3.63, 3.8) is 0 Å². The van der Waals surface area contributed by atoms with Crippen LogP contribution < -0.4 is 15.5 Å². The molecule has 0 saturated carbocycles. The molecule has 2 fully saturated rings. The Morgan fingerprint density at radius 1 is 1.09 bits per heavy atom. The quantitative estimate of drug-likeness (QED) is 0.587. The molecule has 3 heterocycles. The maximum Gasteiger partial charge on any atom is 0.298 e. The summed E-state index contributed by atoms with van der Waals surface area (Å²) in [5, 5.41) is 5.77. The van der Waals surface area contributed by atoms with Gasteiger partial charge in [-0.05, 0) is 38.0 Å². The van der Waals surface area contributed by atoms with Gasteiger partial charge in [-0.1, -0.05) is 13.0 Å². The van der Waals surface area contributed by atoms with Crippen molar-refractivity contribution in [3.05, 3.63) is 41.3 Å². The van der Waals surface area contributed by atoms with Gasteiger partial charge < -0.3 is 29.4 Å². The first kappa shape index (κ1) is 25.2. The molecular formula is C25H35N5O5. The Morgan fingerprint density at radius 2 is 1.86 bits per heavy atom. The van der Waals surface area contributed by atoms with Crippen molar-refractivity contribution in [1.29, 1.82) is 0 Å². The molecule has 2 N–H and O–H groups in total. The van der Waals surface area contributed by atoms with Crippen LogP contribution in [0.2, 0.25) is 0 Å². The summed E-state index contributed by atoms with van der Waals surface area (Å²) in [5.74, 6) is -0.653. The lowest BCUT2D eigenvalue weighted by atomic mass is 10.00. The molecule has 0 atom stereocenters. The normalized spacial score (nSPS) is 18.3. The van der Waals surface area contributed by atoms with Crippen molar-refractivity contribution in [2.45, 2.75) is 39.3 Å². The number of nitrogens with one attached hydrogen (secondary N) is 2. The summed E-state index contributed by atoms with van der Waals surface area (Å²) in [7, 11) is 0. The number of carbonyl (C=O) groups excluding carboxylic acids is 2. The van der Waals surface area contributed by atoms with Gasteiger partial charge in [0.15, 0.2) is 5.69 Å². The second-order valence-electron chi connectivity index (χ2n) is 9.49. The van der Waals surface area contributed by atoms with Crippen molar-refractivity contribution in [2.75, 3.05) is 62.8 Å². The highest BCUT2D eigenvalue weighted by Crippen LogP contribution is 2.25. The zero-order chi connectivity index (χ0) is 24.8. The van der Waals surface area contributed by atoms with Crippen LogP contribution in [0.4, 0.5) is 11.7 Å². The van der Waals surface area contributed by atoms with Gasteiger partial charge in [0.05, 0.1) is 37.7 Å². The number of anilines is 2. The zero-order valence-corrected chi connectivity index (χ0v) is 20.8. The van der Waals surface area contributed by atoms with E-state index < -0.39 is 5.91 Å². The number of oxazole rings is 1. The minimum Gasteiger partial charge on any atom is -0.431 e. The molecule has 2 aliphatic heterocycles. The number of hydrogen-bond acceptors (Lipinski definition) is 8. The number of benzene rings is 1. The van der Waals surface area contributed by atoms with E-state index >= 15 is 0 Å². The molecule has 0 aliphatic carbocycles. The Hall–Kier alpha value is -2.95. The highest BCUT2D eigenvalue weighted by Gasteiger charge is 2.30. The van der Waals surface area contributed by atoms with E-state index in [0.29, 0.717) is 69.9 Å². The van der Waals surface area contributed by atoms with Crippen molar-refractivity contribution < 1.29 is 23.5 Å². The van der Waals surface area contributed by atoms with Crippen LogP contribution in [0.5, 0.6) is 0 Å². The monoisotopic (exact) mass is 485 g/mol. The third-order valence-corrected chi connectivity index (χ3v) is 6.31. The predicted octanol–water partition coefficient (Wildman–Crippen LogP) is 2.51. The number of amides is 2. The highest BCUT2D eigenvalue weighted by molar-refractivity contribution is 6.08. The molecule has 0 radical (unpaired) electrons. The molecule has 1 aromatic carbocycles. The smallest absolute Gasteiger partial charge is 0.298 e. The number of rotatable bonds is 8. The summed E-state index contributed by atoms with van der Waals surface area (Å²) in [6.07, 6.45) is 2.16. The third kappa shape index (κ3) is 6.19. The van der Waals surface area contributed by atoms with Crippen molar-refractivity contribution >= 4 is 23.5 Å². The Bertz CT molecular complexity index is 1030. The SMILES string of the molecule is CCCNC(=O)c1cc(CN2CCOCC2(C)C)ccc1NC(=O)c1coc(N2CCOCC2)n1. The second-order valence-corrected chi connectivity index (χ2v) is 9.49. The van der Waals surface area contributed by atoms with E-state index in [1.165, 1.54) is 6.26 Å². The van der Waals surface area contributed by atoms with Gasteiger partial charge in [0.1, 0.15) is 6.26 Å². The molecule has 2 aromatic rings. The summed E-state index contributed by atoms with van der Waals surface area (Å²) >= 11 is 0. The fraction of sp³-hybridized carbons (Fsp3) is 0.560. The van der Waals surface area contributed by atoms with E-state index in [9.17, 15) is 9.59 Å². The first-order chi connectivity index (χ1) is 16.9. The molecule has 0 unspecified atom stereocenters. The van der Waals surface area contributed by atoms with Crippen LogP contribution in [-0.4, -0.2) is 79.8 Å². The number of nitrogens with zero attached hydrogens (tertiary/aromatic N) is 3. The second kappa shape index (κ2) is 11.2. The maximum absolute atomic E-state index is 13.0. The molecule has 0 spiro atoms. The highest BCUT2D eigenvalue weighted by atomic mass is 16.5. The topological polar surface area (TPSA) is 109 Å². The van der Waals surface area contributed by atoms with Crippen LogP contribution in [0.1, 0.15) is 53.6 Å². The average Bonchev–Trinajstić information content (AvgIpc) is 3.36. The van der Waals surface area contributed by atoms with Crippen LogP contribution >= 0.6 is 0 Å². The van der Waals surface area contributed by atoms with Gasteiger partial charge >= 0.3 is 0 Å². The van der Waals surface area contributed by atoms with E-state index in [2.05, 4.69) is 34.4 Å². The molecule has 10 nitrogen and oxygen atoms in total.